The molecule has 1 aromatic carbocycles. The van der Waals surface area contributed by atoms with Crippen molar-refractivity contribution in [1.29, 1.82) is 0 Å². The maximum Gasteiger partial charge on any atom is 0.294 e. The summed E-state index contributed by atoms with van der Waals surface area (Å²) in [6.07, 6.45) is 0. The van der Waals surface area contributed by atoms with Gasteiger partial charge in [-0.1, -0.05) is 30.3 Å². The highest BCUT2D eigenvalue weighted by Gasteiger charge is 2.12. The van der Waals surface area contributed by atoms with Gasteiger partial charge in [0.25, 0.3) is 5.91 Å². The van der Waals surface area contributed by atoms with Crippen molar-refractivity contribution in [2.45, 2.75) is 19.6 Å². The van der Waals surface area contributed by atoms with Crippen LogP contribution in [0.2, 0.25) is 0 Å². The Morgan fingerprint density at radius 3 is 2.84 bits per heavy atom. The Kier molecular flexibility index (Phi) is 4.62. The molecular weight excluding hydrogens is 262 g/mol. The molecule has 100 valence electrons. The van der Waals surface area contributed by atoms with Crippen LogP contribution in [-0.2, 0) is 11.4 Å². The topological polar surface area (TPSA) is 77.2 Å². The van der Waals surface area contributed by atoms with E-state index in [2.05, 4.69) is 10.5 Å². The minimum atomic E-state index is -0.362. The fourth-order valence-corrected chi connectivity index (χ4v) is 2.17. The number of thiazole rings is 1. The number of rotatable bonds is 5. The van der Waals surface area contributed by atoms with Gasteiger partial charge < -0.3 is 5.73 Å². The second-order valence-corrected chi connectivity index (χ2v) is 4.95. The van der Waals surface area contributed by atoms with Crippen molar-refractivity contribution in [2.24, 2.45) is 5.73 Å². The third-order valence-corrected chi connectivity index (χ3v) is 3.44. The molecule has 1 aromatic heterocycles. The van der Waals surface area contributed by atoms with Crippen LogP contribution in [0, 0.1) is 0 Å². The lowest BCUT2D eigenvalue weighted by Crippen LogP contribution is -2.24. The van der Waals surface area contributed by atoms with E-state index in [1.165, 1.54) is 11.3 Å². The molecule has 1 atom stereocenters. The minimum Gasteiger partial charge on any atom is -0.322 e. The van der Waals surface area contributed by atoms with Crippen LogP contribution in [0.1, 0.15) is 34.0 Å². The summed E-state index contributed by atoms with van der Waals surface area (Å²) < 4.78 is 0. The zero-order valence-electron chi connectivity index (χ0n) is 10.5. The Balaban J connectivity index is 1.84. The quantitative estimate of drug-likeness (QED) is 0.820. The standard InChI is InChI=1S/C13H15N3O2S/c1-9(14)13-15-11(8-19-13)12(17)16-18-7-10-5-3-2-4-6-10/h2-6,8-9H,7,14H2,1H3,(H,16,17). The van der Waals surface area contributed by atoms with Crippen molar-refractivity contribution in [3.63, 3.8) is 0 Å². The number of nitrogens with one attached hydrogen (secondary N) is 1. The van der Waals surface area contributed by atoms with E-state index in [-0.39, 0.29) is 11.9 Å². The molecule has 3 N–H and O–H groups in total. The van der Waals surface area contributed by atoms with Gasteiger partial charge in [-0.25, -0.2) is 10.5 Å². The van der Waals surface area contributed by atoms with E-state index in [0.29, 0.717) is 12.3 Å². The van der Waals surface area contributed by atoms with Crippen LogP contribution >= 0.6 is 11.3 Å². The molecular formula is C13H15N3O2S. The van der Waals surface area contributed by atoms with Gasteiger partial charge in [0.05, 0.1) is 12.6 Å². The lowest BCUT2D eigenvalue weighted by molar-refractivity contribution is 0.0230. The molecule has 1 amide bonds. The van der Waals surface area contributed by atoms with Gasteiger partial charge in [0.2, 0.25) is 0 Å². The highest BCUT2D eigenvalue weighted by Crippen LogP contribution is 2.15. The maximum atomic E-state index is 11.7. The van der Waals surface area contributed by atoms with Crippen LogP contribution in [0.25, 0.3) is 0 Å². The van der Waals surface area contributed by atoms with E-state index in [9.17, 15) is 4.79 Å². The summed E-state index contributed by atoms with van der Waals surface area (Å²) >= 11 is 1.36. The van der Waals surface area contributed by atoms with E-state index < -0.39 is 0 Å². The first-order chi connectivity index (χ1) is 9.16. The number of amides is 1. The first-order valence-electron chi connectivity index (χ1n) is 5.84. The van der Waals surface area contributed by atoms with Gasteiger partial charge in [0.1, 0.15) is 10.7 Å². The molecule has 0 aliphatic carbocycles. The highest BCUT2D eigenvalue weighted by atomic mass is 32.1. The zero-order valence-corrected chi connectivity index (χ0v) is 11.3. The van der Waals surface area contributed by atoms with E-state index in [1.54, 1.807) is 5.38 Å². The average molecular weight is 277 g/mol. The molecule has 0 spiro atoms. The number of aromatic nitrogens is 1. The lowest BCUT2D eigenvalue weighted by atomic mass is 10.2. The number of carbonyl (C=O) groups is 1. The monoisotopic (exact) mass is 277 g/mol. The molecule has 0 bridgehead atoms. The summed E-state index contributed by atoms with van der Waals surface area (Å²) in [6.45, 7) is 2.14. The van der Waals surface area contributed by atoms with Crippen LogP contribution in [0.3, 0.4) is 0 Å². The smallest absolute Gasteiger partial charge is 0.294 e. The summed E-state index contributed by atoms with van der Waals surface area (Å²) in [7, 11) is 0. The van der Waals surface area contributed by atoms with Crippen molar-refractivity contribution in [3.8, 4) is 0 Å². The van der Waals surface area contributed by atoms with Crippen LogP contribution in [0.15, 0.2) is 35.7 Å². The predicted octanol–water partition coefficient (Wildman–Crippen LogP) is 2.02. The molecule has 5 nitrogen and oxygen atoms in total. The van der Waals surface area contributed by atoms with Crippen molar-refractivity contribution < 1.29 is 9.63 Å². The van der Waals surface area contributed by atoms with Crippen molar-refractivity contribution >= 4 is 17.2 Å². The summed E-state index contributed by atoms with van der Waals surface area (Å²) in [4.78, 5) is 21.0. The number of hydrogen-bond acceptors (Lipinski definition) is 5. The Morgan fingerprint density at radius 1 is 1.47 bits per heavy atom. The molecule has 2 rings (SSSR count). The van der Waals surface area contributed by atoms with E-state index >= 15 is 0 Å². The summed E-state index contributed by atoms with van der Waals surface area (Å²) in [5, 5.41) is 2.40. The van der Waals surface area contributed by atoms with Gasteiger partial charge in [-0.3, -0.25) is 9.63 Å². The average Bonchev–Trinajstić information content (AvgIpc) is 2.89. The molecule has 0 fully saturated rings. The number of carbonyl (C=O) groups excluding carboxylic acids is 1. The van der Waals surface area contributed by atoms with Gasteiger partial charge >= 0.3 is 0 Å². The molecule has 0 aliphatic rings. The van der Waals surface area contributed by atoms with Gasteiger partial charge in [0.15, 0.2) is 0 Å². The molecule has 0 saturated heterocycles. The largest absolute Gasteiger partial charge is 0.322 e. The summed E-state index contributed by atoms with van der Waals surface area (Å²) in [5.41, 5.74) is 9.36. The summed E-state index contributed by atoms with van der Waals surface area (Å²) in [6, 6.07) is 9.42. The molecule has 1 unspecified atom stereocenters. The molecule has 0 radical (unpaired) electrons. The van der Waals surface area contributed by atoms with Gasteiger partial charge in [-0.15, -0.1) is 11.3 Å². The molecule has 19 heavy (non-hydrogen) atoms. The Bertz CT molecular complexity index is 540. The molecule has 2 aromatic rings. The first kappa shape index (κ1) is 13.7. The van der Waals surface area contributed by atoms with Crippen LogP contribution in [-0.4, -0.2) is 10.9 Å². The number of benzene rings is 1. The second kappa shape index (κ2) is 6.42. The summed E-state index contributed by atoms with van der Waals surface area (Å²) in [5.74, 6) is -0.362. The molecule has 0 saturated carbocycles. The number of hydroxylamine groups is 1. The fraction of sp³-hybridized carbons (Fsp3) is 0.231. The lowest BCUT2D eigenvalue weighted by Gasteiger charge is -2.04. The Labute approximate surface area is 115 Å². The number of nitrogens with two attached hydrogens (primary N) is 1. The van der Waals surface area contributed by atoms with E-state index in [4.69, 9.17) is 10.6 Å². The third kappa shape index (κ3) is 3.85. The Hall–Kier alpha value is -1.76. The van der Waals surface area contributed by atoms with Gasteiger partial charge in [-0.05, 0) is 12.5 Å². The number of hydrogen-bond donors (Lipinski definition) is 2. The molecule has 6 heteroatoms. The maximum absolute atomic E-state index is 11.7. The van der Waals surface area contributed by atoms with Gasteiger partial charge in [0, 0.05) is 5.38 Å². The highest BCUT2D eigenvalue weighted by molar-refractivity contribution is 7.09. The first-order valence-corrected chi connectivity index (χ1v) is 6.72. The zero-order chi connectivity index (χ0) is 13.7. The van der Waals surface area contributed by atoms with E-state index in [1.807, 2.05) is 37.3 Å². The predicted molar refractivity (Wildman–Crippen MR) is 73.4 cm³/mol. The normalized spacial score (nSPS) is 12.1. The van der Waals surface area contributed by atoms with Crippen molar-refractivity contribution in [2.75, 3.05) is 0 Å². The molecule has 1 heterocycles. The second-order valence-electron chi connectivity index (χ2n) is 4.07. The van der Waals surface area contributed by atoms with Gasteiger partial charge in [-0.2, -0.15) is 0 Å². The van der Waals surface area contributed by atoms with Crippen molar-refractivity contribution in [3.05, 3.63) is 52.0 Å². The van der Waals surface area contributed by atoms with Crippen LogP contribution < -0.4 is 11.2 Å². The van der Waals surface area contributed by atoms with Crippen molar-refractivity contribution in [1.82, 2.24) is 10.5 Å². The SMILES string of the molecule is CC(N)c1nc(C(=O)NOCc2ccccc2)cs1. The van der Waals surface area contributed by atoms with Crippen LogP contribution in [0.5, 0.6) is 0 Å². The fourth-order valence-electron chi connectivity index (χ4n) is 1.41. The van der Waals surface area contributed by atoms with E-state index in [0.717, 1.165) is 10.6 Å². The van der Waals surface area contributed by atoms with Crippen LogP contribution in [0.4, 0.5) is 0 Å². The Morgan fingerprint density at radius 2 is 2.21 bits per heavy atom. The number of nitrogens with zero attached hydrogens (tertiary/aromatic N) is 1. The molecule has 0 aliphatic heterocycles. The minimum absolute atomic E-state index is 0.170. The third-order valence-electron chi connectivity index (χ3n) is 2.39.